The number of carbonyl (C=O) groups excluding carboxylic acids is 1. The average molecular weight is 267 g/mol. The maximum Gasteiger partial charge on any atom is 0.266 e. The minimum absolute atomic E-state index is 0.0574. The maximum absolute atomic E-state index is 12.3. The zero-order chi connectivity index (χ0) is 12.9. The molecule has 2 unspecified atom stereocenters. The Hall–Kier alpha value is -1.56. The van der Waals surface area contributed by atoms with E-state index < -0.39 is 10.0 Å². The van der Waals surface area contributed by atoms with Gasteiger partial charge in [0.05, 0.1) is 12.0 Å². The second-order valence-electron chi connectivity index (χ2n) is 4.65. The maximum atomic E-state index is 12.3. The fourth-order valence-electron chi connectivity index (χ4n) is 2.33. The van der Waals surface area contributed by atoms with Crippen LogP contribution >= 0.6 is 0 Å². The van der Waals surface area contributed by atoms with Gasteiger partial charge in [0.1, 0.15) is 5.75 Å². The predicted octanol–water partition coefficient (Wildman–Crippen LogP) is 0.862. The fraction of sp³-hybridized carbons (Fsp3) is 0.417. The van der Waals surface area contributed by atoms with Gasteiger partial charge in [-0.3, -0.25) is 4.79 Å². The Morgan fingerprint density at radius 3 is 2.44 bits per heavy atom. The summed E-state index contributed by atoms with van der Waals surface area (Å²) < 4.78 is 30.5. The van der Waals surface area contributed by atoms with Crippen molar-refractivity contribution in [3.63, 3.8) is 0 Å². The molecule has 5 nitrogen and oxygen atoms in total. The largest absolute Gasteiger partial charge is 0.497 e. The van der Waals surface area contributed by atoms with E-state index in [0.29, 0.717) is 12.3 Å². The van der Waals surface area contributed by atoms with E-state index in [-0.39, 0.29) is 22.6 Å². The molecule has 1 saturated heterocycles. The number of methoxy groups -OCH3 is 1. The van der Waals surface area contributed by atoms with E-state index in [2.05, 4.69) is 0 Å². The summed E-state index contributed by atoms with van der Waals surface area (Å²) in [7, 11) is -2.17. The zero-order valence-electron chi connectivity index (χ0n) is 9.87. The molecular weight excluding hydrogens is 254 g/mol. The Balaban J connectivity index is 1.91. The molecule has 3 rings (SSSR count). The minimum Gasteiger partial charge on any atom is -0.497 e. The molecule has 1 aliphatic carbocycles. The molecule has 0 aromatic heterocycles. The van der Waals surface area contributed by atoms with Gasteiger partial charge in [-0.15, -0.1) is 0 Å². The topological polar surface area (TPSA) is 63.7 Å². The first kappa shape index (κ1) is 11.5. The monoisotopic (exact) mass is 267 g/mol. The van der Waals surface area contributed by atoms with Crippen LogP contribution in [0.3, 0.4) is 0 Å². The standard InChI is InChI=1S/C12H13NO4S/c1-17-9-2-4-10(5-3-9)18(15,16)13-7-8-6-11(8)12(13)14/h2-5,8,11H,6-7H2,1H3. The van der Waals surface area contributed by atoms with Crippen LogP contribution in [0, 0.1) is 11.8 Å². The van der Waals surface area contributed by atoms with Crippen LogP contribution in [0.4, 0.5) is 0 Å². The van der Waals surface area contributed by atoms with Gasteiger partial charge >= 0.3 is 0 Å². The van der Waals surface area contributed by atoms with Crippen molar-refractivity contribution >= 4 is 15.9 Å². The highest BCUT2D eigenvalue weighted by atomic mass is 32.2. The highest BCUT2D eigenvalue weighted by Crippen LogP contribution is 2.47. The SMILES string of the molecule is COc1ccc(S(=O)(=O)N2CC3CC3C2=O)cc1. The summed E-state index contributed by atoms with van der Waals surface area (Å²) in [5.74, 6) is 0.518. The summed E-state index contributed by atoms with van der Waals surface area (Å²) in [5.41, 5.74) is 0. The van der Waals surface area contributed by atoms with Crippen molar-refractivity contribution < 1.29 is 17.9 Å². The van der Waals surface area contributed by atoms with Gasteiger partial charge in [0.25, 0.3) is 10.0 Å². The lowest BCUT2D eigenvalue weighted by Gasteiger charge is -2.18. The highest BCUT2D eigenvalue weighted by Gasteiger charge is 2.55. The van der Waals surface area contributed by atoms with Crippen LogP contribution in [-0.2, 0) is 14.8 Å². The molecule has 18 heavy (non-hydrogen) atoms. The summed E-state index contributed by atoms with van der Waals surface area (Å²) in [6.45, 7) is 0.331. The highest BCUT2D eigenvalue weighted by molar-refractivity contribution is 7.89. The van der Waals surface area contributed by atoms with Crippen molar-refractivity contribution in [2.24, 2.45) is 11.8 Å². The van der Waals surface area contributed by atoms with Gasteiger partial charge in [-0.25, -0.2) is 12.7 Å². The molecule has 2 atom stereocenters. The minimum atomic E-state index is -3.69. The molecule has 1 saturated carbocycles. The lowest BCUT2D eigenvalue weighted by Crippen LogP contribution is -2.34. The Morgan fingerprint density at radius 2 is 1.94 bits per heavy atom. The van der Waals surface area contributed by atoms with E-state index in [9.17, 15) is 13.2 Å². The average Bonchev–Trinajstić information content (AvgIpc) is 3.08. The van der Waals surface area contributed by atoms with E-state index in [0.717, 1.165) is 10.7 Å². The van der Waals surface area contributed by atoms with Gasteiger partial charge in [-0.05, 0) is 36.6 Å². The van der Waals surface area contributed by atoms with E-state index in [1.807, 2.05) is 0 Å². The van der Waals surface area contributed by atoms with Crippen LogP contribution in [0.1, 0.15) is 6.42 Å². The van der Waals surface area contributed by atoms with E-state index >= 15 is 0 Å². The first-order valence-corrected chi connectivity index (χ1v) is 7.18. The zero-order valence-corrected chi connectivity index (χ0v) is 10.7. The van der Waals surface area contributed by atoms with Crippen LogP contribution in [0.2, 0.25) is 0 Å². The molecule has 0 radical (unpaired) electrons. The Labute approximate surface area is 105 Å². The molecule has 1 heterocycles. The van der Waals surface area contributed by atoms with Gasteiger partial charge in [0.15, 0.2) is 0 Å². The number of rotatable bonds is 3. The second-order valence-corrected chi connectivity index (χ2v) is 6.51. The number of sulfonamides is 1. The lowest BCUT2D eigenvalue weighted by atomic mass is 10.3. The summed E-state index contributed by atoms with van der Waals surface area (Å²) in [5, 5.41) is 0. The lowest BCUT2D eigenvalue weighted by molar-refractivity contribution is -0.125. The van der Waals surface area contributed by atoms with Gasteiger partial charge in [-0.2, -0.15) is 0 Å². The van der Waals surface area contributed by atoms with E-state index in [1.54, 1.807) is 12.1 Å². The number of piperidine rings is 1. The third kappa shape index (κ3) is 1.59. The van der Waals surface area contributed by atoms with Crippen molar-refractivity contribution in [1.29, 1.82) is 0 Å². The van der Waals surface area contributed by atoms with Crippen molar-refractivity contribution in [3.05, 3.63) is 24.3 Å². The Bertz CT molecular complexity index is 593. The summed E-state index contributed by atoms with van der Waals surface area (Å²) in [6.07, 6.45) is 0.841. The molecule has 2 aliphatic rings. The molecule has 1 aliphatic heterocycles. The Morgan fingerprint density at radius 1 is 1.28 bits per heavy atom. The smallest absolute Gasteiger partial charge is 0.266 e. The quantitative estimate of drug-likeness (QED) is 0.815. The number of amides is 1. The molecule has 6 heteroatoms. The molecule has 0 spiro atoms. The molecule has 96 valence electrons. The van der Waals surface area contributed by atoms with Gasteiger partial charge in [0, 0.05) is 12.5 Å². The number of nitrogens with zero attached hydrogens (tertiary/aromatic N) is 1. The second kappa shape index (κ2) is 3.71. The van der Waals surface area contributed by atoms with Crippen molar-refractivity contribution in [3.8, 4) is 5.75 Å². The van der Waals surface area contributed by atoms with Crippen molar-refractivity contribution in [2.75, 3.05) is 13.7 Å². The van der Waals surface area contributed by atoms with Crippen LogP contribution in [-0.4, -0.2) is 32.3 Å². The molecule has 2 fully saturated rings. The third-order valence-electron chi connectivity index (χ3n) is 3.53. The molecule has 1 aromatic carbocycles. The Kier molecular flexibility index (Phi) is 2.38. The van der Waals surface area contributed by atoms with Crippen LogP contribution in [0.25, 0.3) is 0 Å². The normalized spacial score (nSPS) is 26.1. The fourth-order valence-corrected chi connectivity index (χ4v) is 3.83. The molecule has 1 amide bonds. The number of fused-ring (bicyclic) bond motifs is 1. The summed E-state index contributed by atoms with van der Waals surface area (Å²) in [4.78, 5) is 11.9. The van der Waals surface area contributed by atoms with Crippen LogP contribution in [0.5, 0.6) is 5.75 Å². The number of ether oxygens (including phenoxy) is 1. The van der Waals surface area contributed by atoms with Gasteiger partial charge in [0.2, 0.25) is 5.91 Å². The number of hydrogen-bond acceptors (Lipinski definition) is 4. The first-order chi connectivity index (χ1) is 8.54. The summed E-state index contributed by atoms with van der Waals surface area (Å²) >= 11 is 0. The third-order valence-corrected chi connectivity index (χ3v) is 5.31. The number of hydrogen-bond donors (Lipinski definition) is 0. The number of benzene rings is 1. The van der Waals surface area contributed by atoms with Crippen molar-refractivity contribution in [1.82, 2.24) is 4.31 Å². The van der Waals surface area contributed by atoms with Crippen LogP contribution < -0.4 is 4.74 Å². The first-order valence-electron chi connectivity index (χ1n) is 5.74. The van der Waals surface area contributed by atoms with Crippen molar-refractivity contribution in [2.45, 2.75) is 11.3 Å². The molecule has 1 aromatic rings. The predicted molar refractivity (Wildman–Crippen MR) is 63.5 cm³/mol. The van der Waals surface area contributed by atoms with Gasteiger partial charge < -0.3 is 4.74 Å². The van der Waals surface area contributed by atoms with Crippen LogP contribution in [0.15, 0.2) is 29.2 Å². The summed E-state index contributed by atoms with van der Waals surface area (Å²) in [6, 6.07) is 6.08. The molecule has 0 N–H and O–H groups in total. The van der Waals surface area contributed by atoms with E-state index in [4.69, 9.17) is 4.74 Å². The molecule has 0 bridgehead atoms. The number of carbonyl (C=O) groups is 1. The van der Waals surface area contributed by atoms with Gasteiger partial charge in [-0.1, -0.05) is 0 Å². The molecular formula is C12H13NO4S. The van der Waals surface area contributed by atoms with E-state index in [1.165, 1.54) is 19.2 Å².